The number of nitrogens with zero attached hydrogens (tertiary/aromatic N) is 3. The highest BCUT2D eigenvalue weighted by atomic mass is 16.5. The van der Waals surface area contributed by atoms with E-state index < -0.39 is 23.5 Å². The molecule has 39 heavy (non-hydrogen) atoms. The molecule has 1 heterocycles. The maximum Gasteiger partial charge on any atom is 0.354 e. The van der Waals surface area contributed by atoms with Crippen LogP contribution in [0.4, 0.5) is 17.2 Å². The minimum atomic E-state index is -1.12. The summed E-state index contributed by atoms with van der Waals surface area (Å²) in [5, 5.41) is 2.92. The van der Waals surface area contributed by atoms with E-state index in [0.717, 1.165) is 11.6 Å². The molecule has 1 atom stereocenters. The highest BCUT2D eigenvalue weighted by Gasteiger charge is 2.32. The number of ether oxygens (including phenoxy) is 1. The molecule has 0 saturated carbocycles. The summed E-state index contributed by atoms with van der Waals surface area (Å²) < 4.78 is 6.70. The number of nitrogens with one attached hydrogen (secondary N) is 1. The molecule has 0 fully saturated rings. The zero-order valence-corrected chi connectivity index (χ0v) is 21.3. The Morgan fingerprint density at radius 1 is 1.08 bits per heavy atom. The molecule has 0 bridgehead atoms. The normalized spacial score (nSPS) is 11.3. The van der Waals surface area contributed by atoms with E-state index in [1.54, 1.807) is 42.5 Å². The summed E-state index contributed by atoms with van der Waals surface area (Å²) in [6, 6.07) is 21.3. The molecule has 0 aliphatic heterocycles. The Balaban J connectivity index is 1.85. The van der Waals surface area contributed by atoms with Gasteiger partial charge in [-0.2, -0.15) is 4.98 Å². The maximum absolute atomic E-state index is 13.7. The Morgan fingerprint density at radius 3 is 2.51 bits per heavy atom. The van der Waals surface area contributed by atoms with Gasteiger partial charge in [0.1, 0.15) is 17.6 Å². The molecule has 3 aromatic carbocycles. The topological polar surface area (TPSA) is 146 Å². The van der Waals surface area contributed by atoms with Gasteiger partial charge in [-0.25, -0.2) is 4.79 Å². The van der Waals surface area contributed by atoms with Gasteiger partial charge in [0.05, 0.1) is 12.8 Å². The highest BCUT2D eigenvalue weighted by molar-refractivity contribution is 6.06. The molecule has 4 rings (SSSR count). The average Bonchev–Trinajstić information content (AvgIpc) is 2.94. The summed E-state index contributed by atoms with van der Waals surface area (Å²) >= 11 is 0. The van der Waals surface area contributed by atoms with E-state index >= 15 is 0 Å². The summed E-state index contributed by atoms with van der Waals surface area (Å²) in [5.74, 6) is -0.585. The molecule has 198 valence electrons. The van der Waals surface area contributed by atoms with Crippen molar-refractivity contribution in [2.24, 2.45) is 0 Å². The Morgan fingerprint density at radius 2 is 1.85 bits per heavy atom. The van der Waals surface area contributed by atoms with Crippen molar-refractivity contribution in [3.05, 3.63) is 119 Å². The predicted molar refractivity (Wildman–Crippen MR) is 150 cm³/mol. The quantitative estimate of drug-likeness (QED) is 0.225. The fourth-order valence-electron chi connectivity index (χ4n) is 4.15. The van der Waals surface area contributed by atoms with Crippen LogP contribution in [-0.4, -0.2) is 28.5 Å². The SMILES string of the molecule is C=CC(=O)N(c1ccc(OC)c(-n2ccc(N)nc2=O)c1)C(C(=O)NCc1ccccc1)c1cccc(N)c1. The fraction of sp³-hybridized carbons (Fsp3) is 0.103. The van der Waals surface area contributed by atoms with E-state index in [0.29, 0.717) is 28.4 Å². The third-order valence-electron chi connectivity index (χ3n) is 5.98. The number of benzene rings is 3. The fourth-order valence-corrected chi connectivity index (χ4v) is 4.15. The first kappa shape index (κ1) is 26.7. The molecule has 10 nitrogen and oxygen atoms in total. The average molecular weight is 525 g/mol. The van der Waals surface area contributed by atoms with Gasteiger partial charge in [-0.05, 0) is 53.6 Å². The Kier molecular flexibility index (Phi) is 8.06. The second-order valence-corrected chi connectivity index (χ2v) is 8.55. The van der Waals surface area contributed by atoms with Crippen LogP contribution in [0.2, 0.25) is 0 Å². The van der Waals surface area contributed by atoms with Gasteiger partial charge in [-0.3, -0.25) is 19.1 Å². The summed E-state index contributed by atoms with van der Waals surface area (Å²) in [6.45, 7) is 3.89. The molecule has 0 aliphatic rings. The summed E-state index contributed by atoms with van der Waals surface area (Å²) in [7, 11) is 1.45. The monoisotopic (exact) mass is 524 g/mol. The Labute approximate surface area is 225 Å². The lowest BCUT2D eigenvalue weighted by atomic mass is 10.0. The van der Waals surface area contributed by atoms with Crippen molar-refractivity contribution in [1.29, 1.82) is 0 Å². The van der Waals surface area contributed by atoms with E-state index in [1.807, 2.05) is 30.3 Å². The number of nitrogens with two attached hydrogens (primary N) is 2. The first-order chi connectivity index (χ1) is 18.8. The van der Waals surface area contributed by atoms with Gasteiger partial charge in [-0.15, -0.1) is 0 Å². The van der Waals surface area contributed by atoms with Crippen molar-refractivity contribution in [2.75, 3.05) is 23.5 Å². The molecular formula is C29H28N6O4. The number of carbonyl (C=O) groups is 2. The Hall–Kier alpha value is -5.38. The summed E-state index contributed by atoms with van der Waals surface area (Å²) in [6.07, 6.45) is 2.57. The molecule has 0 spiro atoms. The van der Waals surface area contributed by atoms with Crippen molar-refractivity contribution >= 4 is 29.0 Å². The van der Waals surface area contributed by atoms with Crippen LogP contribution in [0.3, 0.4) is 0 Å². The third-order valence-corrected chi connectivity index (χ3v) is 5.98. The van der Waals surface area contributed by atoms with Crippen LogP contribution in [0, 0.1) is 0 Å². The third kappa shape index (κ3) is 5.96. The smallest absolute Gasteiger partial charge is 0.354 e. The van der Waals surface area contributed by atoms with Gasteiger partial charge in [0.25, 0.3) is 5.91 Å². The number of carbonyl (C=O) groups excluding carboxylic acids is 2. The number of hydrogen-bond donors (Lipinski definition) is 3. The zero-order valence-electron chi connectivity index (χ0n) is 21.3. The molecule has 0 aliphatic carbocycles. The number of aromatic nitrogens is 2. The lowest BCUT2D eigenvalue weighted by Gasteiger charge is -2.31. The van der Waals surface area contributed by atoms with Crippen molar-refractivity contribution < 1.29 is 14.3 Å². The minimum absolute atomic E-state index is 0.0617. The highest BCUT2D eigenvalue weighted by Crippen LogP contribution is 2.34. The lowest BCUT2D eigenvalue weighted by Crippen LogP contribution is -2.43. The van der Waals surface area contributed by atoms with Gasteiger partial charge in [0.15, 0.2) is 0 Å². The summed E-state index contributed by atoms with van der Waals surface area (Å²) in [5.41, 5.74) is 13.5. The van der Waals surface area contributed by atoms with Gasteiger partial charge < -0.3 is 21.5 Å². The standard InChI is InChI=1S/C29H28N6O4/c1-3-26(36)35(22-12-13-24(39-2)23(17-22)34-15-14-25(31)33-29(34)38)27(20-10-7-11-21(30)16-20)28(37)32-18-19-8-5-4-6-9-19/h3-17,27H,1,18,30H2,2H3,(H,32,37)(H2,31,33,38). The van der Waals surface area contributed by atoms with E-state index in [1.165, 1.54) is 28.8 Å². The molecule has 4 aromatic rings. The molecule has 0 radical (unpaired) electrons. The number of methoxy groups -OCH3 is 1. The molecule has 1 unspecified atom stereocenters. The zero-order chi connectivity index (χ0) is 27.9. The van der Waals surface area contributed by atoms with Gasteiger partial charge in [0.2, 0.25) is 5.91 Å². The molecule has 10 heteroatoms. The van der Waals surface area contributed by atoms with Crippen molar-refractivity contribution in [3.63, 3.8) is 0 Å². The van der Waals surface area contributed by atoms with Crippen molar-refractivity contribution in [1.82, 2.24) is 14.9 Å². The molecule has 1 aromatic heterocycles. The van der Waals surface area contributed by atoms with Crippen LogP contribution < -0.4 is 32.1 Å². The second kappa shape index (κ2) is 11.8. The molecule has 5 N–H and O–H groups in total. The van der Waals surface area contributed by atoms with Gasteiger partial charge >= 0.3 is 5.69 Å². The number of hydrogen-bond acceptors (Lipinski definition) is 7. The van der Waals surface area contributed by atoms with Crippen LogP contribution in [0.1, 0.15) is 17.2 Å². The maximum atomic E-state index is 13.7. The number of nitrogen functional groups attached to an aromatic ring is 2. The minimum Gasteiger partial charge on any atom is -0.495 e. The van der Waals surface area contributed by atoms with Crippen molar-refractivity contribution in [2.45, 2.75) is 12.6 Å². The predicted octanol–water partition coefficient (Wildman–Crippen LogP) is 2.98. The van der Waals surface area contributed by atoms with Gasteiger partial charge in [0, 0.05) is 24.1 Å². The van der Waals surface area contributed by atoms with Crippen LogP contribution >= 0.6 is 0 Å². The van der Waals surface area contributed by atoms with E-state index in [-0.39, 0.29) is 12.4 Å². The van der Waals surface area contributed by atoms with E-state index in [2.05, 4.69) is 16.9 Å². The molecule has 2 amide bonds. The second-order valence-electron chi connectivity index (χ2n) is 8.55. The lowest BCUT2D eigenvalue weighted by molar-refractivity contribution is -0.125. The van der Waals surface area contributed by atoms with E-state index in [9.17, 15) is 14.4 Å². The van der Waals surface area contributed by atoms with Crippen molar-refractivity contribution in [3.8, 4) is 11.4 Å². The number of amides is 2. The Bertz CT molecular complexity index is 1570. The van der Waals surface area contributed by atoms with E-state index in [4.69, 9.17) is 16.2 Å². The van der Waals surface area contributed by atoms with Crippen LogP contribution in [0.5, 0.6) is 5.75 Å². The van der Waals surface area contributed by atoms with Gasteiger partial charge in [-0.1, -0.05) is 49.0 Å². The largest absolute Gasteiger partial charge is 0.495 e. The molecule has 0 saturated heterocycles. The first-order valence-electron chi connectivity index (χ1n) is 12.0. The van der Waals surface area contributed by atoms with Crippen LogP contribution in [-0.2, 0) is 16.1 Å². The summed E-state index contributed by atoms with van der Waals surface area (Å²) in [4.78, 5) is 44.8. The van der Waals surface area contributed by atoms with Crippen LogP contribution in [0.25, 0.3) is 5.69 Å². The van der Waals surface area contributed by atoms with Crippen LogP contribution in [0.15, 0.2) is 103 Å². The number of anilines is 3. The number of rotatable bonds is 9. The molecular weight excluding hydrogens is 496 g/mol. The first-order valence-corrected chi connectivity index (χ1v) is 12.0.